The number of nitrogens with zero attached hydrogens (tertiary/aromatic N) is 1. The summed E-state index contributed by atoms with van der Waals surface area (Å²) >= 11 is 0. The average molecular weight is 384 g/mol. The third-order valence-electron chi connectivity index (χ3n) is 5.47. The summed E-state index contributed by atoms with van der Waals surface area (Å²) in [5, 5.41) is 2.41. The van der Waals surface area contributed by atoms with Gasteiger partial charge in [-0.15, -0.1) is 0 Å². The third-order valence-corrected chi connectivity index (χ3v) is 5.47. The SMILES string of the molecule is CCCCCn1cc(C(=O)c2ccc(C(N)=O)c3ccccc23)c2ccccc21. The quantitative estimate of drug-likeness (QED) is 0.346. The molecule has 0 aliphatic rings. The van der Waals surface area contributed by atoms with Crippen molar-refractivity contribution in [1.82, 2.24) is 4.57 Å². The number of amides is 1. The van der Waals surface area contributed by atoms with Gasteiger partial charge in [0, 0.05) is 40.3 Å². The molecule has 4 nitrogen and oxygen atoms in total. The van der Waals surface area contributed by atoms with E-state index in [1.807, 2.05) is 48.7 Å². The minimum absolute atomic E-state index is 0.0392. The van der Waals surface area contributed by atoms with Crippen LogP contribution in [0, 0.1) is 0 Å². The molecule has 1 aromatic heterocycles. The van der Waals surface area contributed by atoms with Crippen molar-refractivity contribution < 1.29 is 9.59 Å². The Morgan fingerprint density at radius 1 is 0.793 bits per heavy atom. The van der Waals surface area contributed by atoms with Crippen molar-refractivity contribution in [2.75, 3.05) is 0 Å². The molecule has 1 amide bonds. The lowest BCUT2D eigenvalue weighted by Gasteiger charge is -2.08. The number of carbonyl (C=O) groups is 2. The first kappa shape index (κ1) is 18.9. The Balaban J connectivity index is 1.85. The highest BCUT2D eigenvalue weighted by atomic mass is 16.1. The van der Waals surface area contributed by atoms with Crippen LogP contribution in [0.1, 0.15) is 52.5 Å². The smallest absolute Gasteiger partial charge is 0.249 e. The van der Waals surface area contributed by atoms with Crippen molar-refractivity contribution in [2.24, 2.45) is 5.73 Å². The van der Waals surface area contributed by atoms with Gasteiger partial charge in [0.25, 0.3) is 0 Å². The summed E-state index contributed by atoms with van der Waals surface area (Å²) in [4.78, 5) is 25.4. The molecule has 146 valence electrons. The van der Waals surface area contributed by atoms with Crippen molar-refractivity contribution in [3.8, 4) is 0 Å². The standard InChI is InChI=1S/C25H24N2O2/c1-2-3-8-15-27-16-22(19-11-6-7-12-23(19)27)24(28)20-13-14-21(25(26)29)18-10-5-4-9-17(18)20/h4-7,9-14,16H,2-3,8,15H2,1H3,(H2,26,29). The van der Waals surface area contributed by atoms with Crippen LogP contribution in [0.4, 0.5) is 0 Å². The molecule has 3 aromatic carbocycles. The maximum atomic E-state index is 13.6. The lowest BCUT2D eigenvalue weighted by atomic mass is 9.94. The van der Waals surface area contributed by atoms with E-state index in [4.69, 9.17) is 5.73 Å². The number of unbranched alkanes of at least 4 members (excludes halogenated alkanes) is 2. The first-order chi connectivity index (χ1) is 14.1. The van der Waals surface area contributed by atoms with Gasteiger partial charge < -0.3 is 10.3 Å². The van der Waals surface area contributed by atoms with Crippen LogP contribution in [-0.4, -0.2) is 16.3 Å². The second-order valence-electron chi connectivity index (χ2n) is 7.36. The number of nitrogens with two attached hydrogens (primary N) is 1. The van der Waals surface area contributed by atoms with Crippen molar-refractivity contribution in [2.45, 2.75) is 32.7 Å². The van der Waals surface area contributed by atoms with Gasteiger partial charge in [-0.05, 0) is 35.4 Å². The number of hydrogen-bond donors (Lipinski definition) is 1. The average Bonchev–Trinajstić information content (AvgIpc) is 3.11. The minimum atomic E-state index is -0.493. The summed E-state index contributed by atoms with van der Waals surface area (Å²) in [6.07, 6.45) is 5.37. The number of primary amides is 1. The highest BCUT2D eigenvalue weighted by molar-refractivity contribution is 6.23. The molecule has 4 aromatic rings. The Morgan fingerprint density at radius 3 is 2.10 bits per heavy atom. The highest BCUT2D eigenvalue weighted by Gasteiger charge is 2.20. The summed E-state index contributed by atoms with van der Waals surface area (Å²) in [5.41, 5.74) is 8.30. The number of aromatic nitrogens is 1. The zero-order valence-electron chi connectivity index (χ0n) is 16.5. The Labute approximate surface area is 169 Å². The lowest BCUT2D eigenvalue weighted by molar-refractivity contribution is 0.0999. The second kappa shape index (κ2) is 7.92. The third kappa shape index (κ3) is 3.42. The van der Waals surface area contributed by atoms with Crippen LogP contribution < -0.4 is 5.73 Å². The van der Waals surface area contributed by atoms with E-state index >= 15 is 0 Å². The molecule has 0 bridgehead atoms. The van der Waals surface area contributed by atoms with Gasteiger partial charge in [0.05, 0.1) is 0 Å². The van der Waals surface area contributed by atoms with Gasteiger partial charge in [0.1, 0.15) is 0 Å². The molecule has 0 aliphatic heterocycles. The number of fused-ring (bicyclic) bond motifs is 2. The second-order valence-corrected chi connectivity index (χ2v) is 7.36. The first-order valence-electron chi connectivity index (χ1n) is 10.1. The van der Waals surface area contributed by atoms with Gasteiger partial charge in [0.15, 0.2) is 5.78 Å². The van der Waals surface area contributed by atoms with E-state index in [9.17, 15) is 9.59 Å². The zero-order chi connectivity index (χ0) is 20.4. The minimum Gasteiger partial charge on any atom is -0.366 e. The molecule has 4 heteroatoms. The Hall–Kier alpha value is -3.40. The zero-order valence-corrected chi connectivity index (χ0v) is 16.5. The van der Waals surface area contributed by atoms with Crippen molar-refractivity contribution in [1.29, 1.82) is 0 Å². The Bertz CT molecular complexity index is 1220. The largest absolute Gasteiger partial charge is 0.366 e. The maximum absolute atomic E-state index is 13.6. The van der Waals surface area contributed by atoms with E-state index in [-0.39, 0.29) is 5.78 Å². The maximum Gasteiger partial charge on any atom is 0.249 e. The van der Waals surface area contributed by atoms with Crippen LogP contribution in [0.3, 0.4) is 0 Å². The van der Waals surface area contributed by atoms with Crippen molar-refractivity contribution >= 4 is 33.4 Å². The lowest BCUT2D eigenvalue weighted by Crippen LogP contribution is -2.12. The molecular weight excluding hydrogens is 360 g/mol. The van der Waals surface area contributed by atoms with Crippen LogP contribution in [-0.2, 0) is 6.54 Å². The van der Waals surface area contributed by atoms with E-state index in [2.05, 4.69) is 17.6 Å². The molecule has 4 rings (SSSR count). The number of ketones is 1. The molecule has 0 saturated heterocycles. The van der Waals surface area contributed by atoms with Gasteiger partial charge in [-0.1, -0.05) is 62.2 Å². The normalized spacial score (nSPS) is 11.2. The molecule has 0 aliphatic carbocycles. The number of carbonyl (C=O) groups excluding carboxylic acids is 2. The molecule has 29 heavy (non-hydrogen) atoms. The Kier molecular flexibility index (Phi) is 5.17. The molecule has 1 heterocycles. The predicted molar refractivity (Wildman–Crippen MR) is 117 cm³/mol. The number of rotatable bonds is 7. The van der Waals surface area contributed by atoms with E-state index in [0.29, 0.717) is 22.1 Å². The van der Waals surface area contributed by atoms with E-state index in [0.717, 1.165) is 42.1 Å². The van der Waals surface area contributed by atoms with Gasteiger partial charge in [-0.2, -0.15) is 0 Å². The summed E-state index contributed by atoms with van der Waals surface area (Å²) in [5.74, 6) is -0.532. The first-order valence-corrected chi connectivity index (χ1v) is 10.1. The van der Waals surface area contributed by atoms with Gasteiger partial charge in [-0.3, -0.25) is 9.59 Å². The molecule has 2 N–H and O–H groups in total. The molecular formula is C25H24N2O2. The van der Waals surface area contributed by atoms with Crippen LogP contribution in [0.15, 0.2) is 66.9 Å². The van der Waals surface area contributed by atoms with E-state index < -0.39 is 5.91 Å². The summed E-state index contributed by atoms with van der Waals surface area (Å²) < 4.78 is 2.18. The van der Waals surface area contributed by atoms with Crippen molar-refractivity contribution in [3.05, 3.63) is 83.6 Å². The summed E-state index contributed by atoms with van der Waals surface area (Å²) in [6.45, 7) is 3.08. The van der Waals surface area contributed by atoms with Crippen LogP contribution in [0.25, 0.3) is 21.7 Å². The monoisotopic (exact) mass is 384 g/mol. The van der Waals surface area contributed by atoms with Crippen molar-refractivity contribution in [3.63, 3.8) is 0 Å². The number of hydrogen-bond acceptors (Lipinski definition) is 2. The van der Waals surface area contributed by atoms with Crippen LogP contribution >= 0.6 is 0 Å². The fourth-order valence-electron chi connectivity index (χ4n) is 4.00. The van der Waals surface area contributed by atoms with Gasteiger partial charge >= 0.3 is 0 Å². The van der Waals surface area contributed by atoms with Gasteiger partial charge in [0.2, 0.25) is 5.91 Å². The summed E-state index contributed by atoms with van der Waals surface area (Å²) in [6, 6.07) is 18.8. The fourth-order valence-corrected chi connectivity index (χ4v) is 4.00. The molecule has 0 radical (unpaired) electrons. The van der Waals surface area contributed by atoms with Crippen LogP contribution in [0.5, 0.6) is 0 Å². The fraction of sp³-hybridized carbons (Fsp3) is 0.200. The van der Waals surface area contributed by atoms with Gasteiger partial charge in [-0.25, -0.2) is 0 Å². The summed E-state index contributed by atoms with van der Waals surface area (Å²) in [7, 11) is 0. The predicted octanol–water partition coefficient (Wildman–Crippen LogP) is 5.31. The highest BCUT2D eigenvalue weighted by Crippen LogP contribution is 2.29. The molecule has 0 atom stereocenters. The molecule has 0 spiro atoms. The number of aryl methyl sites for hydroxylation is 1. The number of benzene rings is 3. The molecule has 0 unspecified atom stereocenters. The van der Waals surface area contributed by atoms with Crippen LogP contribution in [0.2, 0.25) is 0 Å². The number of para-hydroxylation sites is 1. The van der Waals surface area contributed by atoms with E-state index in [1.165, 1.54) is 0 Å². The Morgan fingerprint density at radius 2 is 1.41 bits per heavy atom. The molecule has 0 saturated carbocycles. The molecule has 0 fully saturated rings. The topological polar surface area (TPSA) is 65.1 Å². The van der Waals surface area contributed by atoms with E-state index in [1.54, 1.807) is 12.1 Å².